The van der Waals surface area contributed by atoms with Gasteiger partial charge >= 0.3 is 6.18 Å². The zero-order chi connectivity index (χ0) is 23.9. The fraction of sp³-hybridized carbons (Fsp3) is 0.450. The van der Waals surface area contributed by atoms with Gasteiger partial charge in [-0.2, -0.15) is 18.4 Å². The molecular formula is C20H20F3N3O5S. The first kappa shape index (κ1) is 22.4. The molecule has 0 aliphatic carbocycles. The third-order valence-electron chi connectivity index (χ3n) is 6.23. The first-order valence-corrected chi connectivity index (χ1v) is 11.3. The summed E-state index contributed by atoms with van der Waals surface area (Å²) in [6.07, 6.45) is -4.68. The SMILES string of the molecule is CCS(=O)(=O)N[C@@H]1CC2(C)OC1(C)c1c2c(O)n(-c2ccc(C#N)c(C(F)(F)F)c2)c1O. The van der Waals surface area contributed by atoms with E-state index in [-0.39, 0.29) is 29.0 Å². The van der Waals surface area contributed by atoms with Gasteiger partial charge in [0.15, 0.2) is 0 Å². The van der Waals surface area contributed by atoms with Crippen molar-refractivity contribution in [2.75, 3.05) is 5.75 Å². The van der Waals surface area contributed by atoms with Gasteiger partial charge < -0.3 is 14.9 Å². The standard InChI is InChI=1S/C20H20F3N3O5S/c1-4-32(29,30)25-13-8-18(2)14-15(19(13,3)31-18)17(28)26(16(14)27)11-6-5-10(9-24)12(7-11)20(21,22)23/h5-7,13,25,27-28H,4,8H2,1-3H3/t13-,18?,19?/m1/s1. The number of ether oxygens (including phenoxy) is 1. The van der Waals surface area contributed by atoms with Gasteiger partial charge in [-0.1, -0.05) is 0 Å². The number of benzene rings is 1. The number of nitriles is 1. The molecule has 2 unspecified atom stereocenters. The monoisotopic (exact) mass is 471 g/mol. The van der Waals surface area contributed by atoms with E-state index >= 15 is 0 Å². The van der Waals surface area contributed by atoms with Gasteiger partial charge in [0, 0.05) is 6.42 Å². The Labute approximate surface area is 181 Å². The molecule has 1 aromatic heterocycles. The van der Waals surface area contributed by atoms with Crippen LogP contribution in [0.4, 0.5) is 13.2 Å². The first-order valence-electron chi connectivity index (χ1n) is 9.68. The van der Waals surface area contributed by atoms with Gasteiger partial charge in [0.25, 0.3) is 0 Å². The van der Waals surface area contributed by atoms with Gasteiger partial charge in [0.05, 0.1) is 51.4 Å². The summed E-state index contributed by atoms with van der Waals surface area (Å²) in [6, 6.07) is 3.50. The van der Waals surface area contributed by atoms with E-state index in [4.69, 9.17) is 10.00 Å². The highest BCUT2D eigenvalue weighted by molar-refractivity contribution is 7.89. The fourth-order valence-electron chi connectivity index (χ4n) is 4.76. The van der Waals surface area contributed by atoms with Crippen LogP contribution in [0.15, 0.2) is 18.2 Å². The van der Waals surface area contributed by atoms with E-state index in [2.05, 4.69) is 4.72 Å². The number of fused-ring (bicyclic) bond motifs is 5. The van der Waals surface area contributed by atoms with Crippen molar-refractivity contribution in [2.24, 2.45) is 0 Å². The highest BCUT2D eigenvalue weighted by Gasteiger charge is 2.65. The van der Waals surface area contributed by atoms with Gasteiger partial charge in [0.2, 0.25) is 21.8 Å². The third-order valence-corrected chi connectivity index (χ3v) is 7.63. The molecule has 0 radical (unpaired) electrons. The van der Waals surface area contributed by atoms with Crippen LogP contribution in [-0.2, 0) is 32.1 Å². The van der Waals surface area contributed by atoms with E-state index in [1.54, 1.807) is 13.8 Å². The van der Waals surface area contributed by atoms with Crippen LogP contribution in [0.3, 0.4) is 0 Å². The predicted molar refractivity (Wildman–Crippen MR) is 106 cm³/mol. The lowest BCUT2D eigenvalue weighted by Crippen LogP contribution is -2.47. The molecule has 8 nitrogen and oxygen atoms in total. The Hall–Kier alpha value is -2.75. The maximum atomic E-state index is 13.4. The van der Waals surface area contributed by atoms with Crippen LogP contribution >= 0.6 is 0 Å². The summed E-state index contributed by atoms with van der Waals surface area (Å²) in [4.78, 5) is 0. The molecule has 0 spiro atoms. The van der Waals surface area contributed by atoms with Crippen molar-refractivity contribution in [3.8, 4) is 23.5 Å². The van der Waals surface area contributed by atoms with E-state index in [9.17, 15) is 31.8 Å². The Bertz CT molecular complexity index is 1280. The van der Waals surface area contributed by atoms with Crippen LogP contribution in [0.2, 0.25) is 0 Å². The van der Waals surface area contributed by atoms with Crippen molar-refractivity contribution in [1.82, 2.24) is 9.29 Å². The van der Waals surface area contributed by atoms with Crippen LogP contribution in [-0.4, -0.2) is 35.0 Å². The minimum atomic E-state index is -4.83. The molecule has 1 saturated heterocycles. The second-order valence-corrected chi connectivity index (χ2v) is 10.3. The third kappa shape index (κ3) is 2.99. The summed E-state index contributed by atoms with van der Waals surface area (Å²) in [6.45, 7) is 4.63. The quantitative estimate of drug-likeness (QED) is 0.630. The van der Waals surface area contributed by atoms with Gasteiger partial charge in [0.1, 0.15) is 5.60 Å². The first-order chi connectivity index (χ1) is 14.7. The maximum absolute atomic E-state index is 13.4. The lowest BCUT2D eigenvalue weighted by Gasteiger charge is -2.30. The molecule has 12 heteroatoms. The number of alkyl halides is 3. The van der Waals surface area contributed by atoms with Crippen molar-refractivity contribution in [3.05, 3.63) is 40.5 Å². The zero-order valence-electron chi connectivity index (χ0n) is 17.3. The van der Waals surface area contributed by atoms with Crippen molar-refractivity contribution in [3.63, 3.8) is 0 Å². The molecular weight excluding hydrogens is 451 g/mol. The van der Waals surface area contributed by atoms with E-state index in [0.717, 1.165) is 10.6 Å². The topological polar surface area (TPSA) is 125 Å². The molecule has 2 aromatic rings. The molecule has 3 N–H and O–H groups in total. The molecule has 32 heavy (non-hydrogen) atoms. The van der Waals surface area contributed by atoms with Crippen LogP contribution in [0.1, 0.15) is 49.4 Å². The largest absolute Gasteiger partial charge is 0.494 e. The number of aromatic hydroxyl groups is 2. The van der Waals surface area contributed by atoms with Crippen molar-refractivity contribution in [1.29, 1.82) is 5.26 Å². The number of sulfonamides is 1. The summed E-state index contributed by atoms with van der Waals surface area (Å²) >= 11 is 0. The normalized spacial score (nSPS) is 26.8. The summed E-state index contributed by atoms with van der Waals surface area (Å²) in [5.74, 6) is -1.26. The van der Waals surface area contributed by atoms with Gasteiger partial charge in [-0.05, 0) is 39.0 Å². The predicted octanol–water partition coefficient (Wildman–Crippen LogP) is 2.95. The molecule has 3 heterocycles. The van der Waals surface area contributed by atoms with E-state index in [1.165, 1.54) is 19.1 Å². The molecule has 0 amide bonds. The van der Waals surface area contributed by atoms with Crippen LogP contribution in [0.25, 0.3) is 5.69 Å². The van der Waals surface area contributed by atoms with Gasteiger partial charge in [-0.15, -0.1) is 0 Å². The molecule has 2 bridgehead atoms. The summed E-state index contributed by atoms with van der Waals surface area (Å²) in [7, 11) is -3.63. The second-order valence-electron chi connectivity index (χ2n) is 8.29. The van der Waals surface area contributed by atoms with Crippen LogP contribution < -0.4 is 4.72 Å². The minimum Gasteiger partial charge on any atom is -0.494 e. The molecule has 3 atom stereocenters. The number of halogens is 3. The average molecular weight is 471 g/mol. The number of nitrogens with one attached hydrogen (secondary N) is 1. The van der Waals surface area contributed by atoms with Crippen molar-refractivity contribution >= 4 is 10.0 Å². The highest BCUT2D eigenvalue weighted by atomic mass is 32.2. The number of rotatable bonds is 4. The van der Waals surface area contributed by atoms with Gasteiger partial charge in [-0.3, -0.25) is 4.57 Å². The lowest BCUT2D eigenvalue weighted by molar-refractivity contribution is -0.137. The number of hydrogen-bond donors (Lipinski definition) is 3. The molecule has 4 rings (SSSR count). The Balaban J connectivity index is 1.90. The van der Waals surface area contributed by atoms with E-state index in [0.29, 0.717) is 6.07 Å². The summed E-state index contributed by atoms with van der Waals surface area (Å²) in [5.41, 5.74) is -4.28. The number of nitrogens with zero attached hydrogens (tertiary/aromatic N) is 2. The van der Waals surface area contributed by atoms with Crippen LogP contribution in [0.5, 0.6) is 11.8 Å². The highest BCUT2D eigenvalue weighted by Crippen LogP contribution is 2.64. The maximum Gasteiger partial charge on any atom is 0.417 e. The van der Waals surface area contributed by atoms with Crippen molar-refractivity contribution in [2.45, 2.75) is 50.6 Å². The molecule has 1 aromatic carbocycles. The van der Waals surface area contributed by atoms with E-state index in [1.807, 2.05) is 0 Å². The Morgan fingerprint density at radius 1 is 1.28 bits per heavy atom. The number of aromatic nitrogens is 1. The van der Waals surface area contributed by atoms with Gasteiger partial charge in [-0.25, -0.2) is 13.1 Å². The average Bonchev–Trinajstić information content (AvgIpc) is 3.21. The Kier molecular flexibility index (Phi) is 4.65. The lowest BCUT2D eigenvalue weighted by atomic mass is 9.77. The molecule has 0 saturated carbocycles. The van der Waals surface area contributed by atoms with E-state index < -0.39 is 56.3 Å². The minimum absolute atomic E-state index is 0.102. The number of hydrogen-bond acceptors (Lipinski definition) is 6. The molecule has 172 valence electrons. The molecule has 2 aliphatic rings. The smallest absolute Gasteiger partial charge is 0.417 e. The van der Waals surface area contributed by atoms with Crippen molar-refractivity contribution < 1.29 is 36.5 Å². The Morgan fingerprint density at radius 3 is 2.47 bits per heavy atom. The zero-order valence-corrected chi connectivity index (χ0v) is 18.1. The summed E-state index contributed by atoms with van der Waals surface area (Å²) in [5, 5.41) is 30.9. The second kappa shape index (κ2) is 6.63. The Morgan fingerprint density at radius 2 is 1.91 bits per heavy atom. The van der Waals surface area contributed by atoms with Crippen LogP contribution in [0, 0.1) is 11.3 Å². The fourth-order valence-corrected chi connectivity index (χ4v) is 5.67. The summed E-state index contributed by atoms with van der Waals surface area (Å²) < 4.78 is 74.0. The molecule has 1 fully saturated rings. The molecule has 2 aliphatic heterocycles.